The van der Waals surface area contributed by atoms with Crippen LogP contribution >= 0.6 is 15.6 Å². The summed E-state index contributed by atoms with van der Waals surface area (Å²) in [4.78, 5) is 72.6. The van der Waals surface area contributed by atoms with Crippen LogP contribution in [0.25, 0.3) is 0 Å². The van der Waals surface area contributed by atoms with Crippen LogP contribution in [0.5, 0.6) is 0 Å². The number of hydrogen-bond donors (Lipinski definition) is 3. The molecular formula is C73H136O17P2. The molecule has 0 aliphatic rings. The van der Waals surface area contributed by atoms with Gasteiger partial charge in [0.2, 0.25) is 0 Å². The van der Waals surface area contributed by atoms with Gasteiger partial charge in [0.25, 0.3) is 0 Å². The van der Waals surface area contributed by atoms with Gasteiger partial charge in [-0.15, -0.1) is 0 Å². The largest absolute Gasteiger partial charge is 0.472 e. The molecule has 0 spiro atoms. The summed E-state index contributed by atoms with van der Waals surface area (Å²) in [5.41, 5.74) is 0. The summed E-state index contributed by atoms with van der Waals surface area (Å²) in [6, 6.07) is 0. The lowest BCUT2D eigenvalue weighted by molar-refractivity contribution is -0.161. The van der Waals surface area contributed by atoms with E-state index in [2.05, 4.69) is 64.2 Å². The monoisotopic (exact) mass is 1350 g/mol. The van der Waals surface area contributed by atoms with Crippen molar-refractivity contribution < 1.29 is 80.2 Å². The molecule has 5 unspecified atom stereocenters. The highest BCUT2D eigenvalue weighted by atomic mass is 31.2. The number of hydrogen-bond acceptors (Lipinski definition) is 15. The van der Waals surface area contributed by atoms with Crippen molar-refractivity contribution in [3.63, 3.8) is 0 Å². The predicted molar refractivity (Wildman–Crippen MR) is 372 cm³/mol. The SMILES string of the molecule is CCCC/C=C\CCCCCCCC(=O)OCC(COP(=O)(O)OCC(O)COP(=O)(O)OCC(COC(=O)CCCCCCC/C=C\CCCCCCCC)OC(=O)CCCCCCC/C=C\CCCCCCCC)OC(=O)CCCCCCCCCCCCC. The van der Waals surface area contributed by atoms with Gasteiger partial charge in [0.15, 0.2) is 12.2 Å². The maximum atomic E-state index is 13.0. The molecule has 0 radical (unpaired) electrons. The van der Waals surface area contributed by atoms with E-state index in [0.717, 1.165) is 141 Å². The van der Waals surface area contributed by atoms with Crippen LogP contribution in [0.2, 0.25) is 0 Å². The molecule has 5 atom stereocenters. The molecule has 0 aliphatic heterocycles. The Morgan fingerprint density at radius 1 is 0.293 bits per heavy atom. The fourth-order valence-corrected chi connectivity index (χ4v) is 11.9. The summed E-state index contributed by atoms with van der Waals surface area (Å²) in [7, 11) is -9.92. The van der Waals surface area contributed by atoms with Crippen molar-refractivity contribution in [1.82, 2.24) is 0 Å². The zero-order valence-corrected chi connectivity index (χ0v) is 60.5. The van der Waals surface area contributed by atoms with E-state index in [1.807, 2.05) is 0 Å². The third-order valence-corrected chi connectivity index (χ3v) is 18.0. The number of aliphatic hydroxyl groups excluding tert-OH is 1. The molecule has 0 aromatic carbocycles. The average Bonchev–Trinajstić information content (AvgIpc) is 2.39. The van der Waals surface area contributed by atoms with Gasteiger partial charge in [0.1, 0.15) is 19.3 Å². The maximum absolute atomic E-state index is 13.0. The fourth-order valence-electron chi connectivity index (χ4n) is 10.3. The van der Waals surface area contributed by atoms with Crippen LogP contribution in [0.15, 0.2) is 36.5 Å². The number of carbonyl (C=O) groups excluding carboxylic acids is 4. The molecule has 17 nitrogen and oxygen atoms in total. The zero-order valence-electron chi connectivity index (χ0n) is 58.7. The Balaban J connectivity index is 5.29. The standard InChI is InChI=1S/C73H136O17P2/c1-5-9-13-17-21-25-29-31-33-35-39-42-46-50-54-58-71(76)84-64-69(90-73(78)60-56-52-48-44-40-36-34-32-30-26-22-18-14-10-6-2)66-88-92(81,82)86-62-67(74)61-85-91(79,80)87-65-68(89-72(77)59-55-51-47-43-38-28-24-20-16-12-8-4)63-83-70(75)57-53-49-45-41-37-27-23-19-15-11-7-3/h19,23,31-34,67-69,74H,5-18,20-22,24-30,35-66H2,1-4H3,(H,79,80)(H,81,82)/b23-19-,33-31-,34-32-. The number of aliphatic hydroxyl groups is 1. The number of phosphoric acid groups is 2. The lowest BCUT2D eigenvalue weighted by atomic mass is 10.1. The zero-order chi connectivity index (χ0) is 67.5. The van der Waals surface area contributed by atoms with Crippen LogP contribution in [0, 0.1) is 0 Å². The Bertz CT molecular complexity index is 1900. The van der Waals surface area contributed by atoms with Crippen molar-refractivity contribution >= 4 is 39.5 Å². The first-order valence-electron chi connectivity index (χ1n) is 37.2. The van der Waals surface area contributed by atoms with E-state index in [9.17, 15) is 43.2 Å². The second-order valence-corrected chi connectivity index (χ2v) is 28.1. The van der Waals surface area contributed by atoms with Crippen LogP contribution in [-0.4, -0.2) is 96.7 Å². The topological polar surface area (TPSA) is 237 Å². The Labute approximate surface area is 560 Å². The lowest BCUT2D eigenvalue weighted by Gasteiger charge is -2.21. The summed E-state index contributed by atoms with van der Waals surface area (Å²) >= 11 is 0. The molecule has 0 fully saturated rings. The van der Waals surface area contributed by atoms with Gasteiger partial charge < -0.3 is 33.8 Å². The van der Waals surface area contributed by atoms with Crippen LogP contribution in [0.1, 0.15) is 349 Å². The van der Waals surface area contributed by atoms with Crippen molar-refractivity contribution in [3.05, 3.63) is 36.5 Å². The van der Waals surface area contributed by atoms with Crippen molar-refractivity contribution in [2.45, 2.75) is 367 Å². The van der Waals surface area contributed by atoms with E-state index in [0.29, 0.717) is 25.7 Å². The van der Waals surface area contributed by atoms with Gasteiger partial charge in [-0.25, -0.2) is 9.13 Å². The molecule has 0 rings (SSSR count). The quantitative estimate of drug-likeness (QED) is 0.0169. The summed E-state index contributed by atoms with van der Waals surface area (Å²) in [6.07, 6.45) is 60.0. The highest BCUT2D eigenvalue weighted by Gasteiger charge is 2.30. The van der Waals surface area contributed by atoms with Crippen LogP contribution in [0.4, 0.5) is 0 Å². The molecule has 0 aromatic rings. The minimum absolute atomic E-state index is 0.0896. The number of esters is 4. The first kappa shape index (κ1) is 89.3. The molecule has 92 heavy (non-hydrogen) atoms. The van der Waals surface area contributed by atoms with Crippen molar-refractivity contribution in [3.8, 4) is 0 Å². The van der Waals surface area contributed by atoms with E-state index in [1.165, 1.54) is 128 Å². The second-order valence-electron chi connectivity index (χ2n) is 25.2. The number of ether oxygens (including phenoxy) is 4. The van der Waals surface area contributed by atoms with Crippen molar-refractivity contribution in [2.24, 2.45) is 0 Å². The summed E-state index contributed by atoms with van der Waals surface area (Å²) in [5, 5.41) is 10.6. The summed E-state index contributed by atoms with van der Waals surface area (Å²) in [5.74, 6) is -2.17. The van der Waals surface area contributed by atoms with Gasteiger partial charge in [-0.3, -0.25) is 37.3 Å². The minimum Gasteiger partial charge on any atom is -0.462 e. The van der Waals surface area contributed by atoms with Crippen LogP contribution in [-0.2, 0) is 65.4 Å². The molecule has 19 heteroatoms. The average molecular weight is 1350 g/mol. The molecule has 0 bridgehead atoms. The predicted octanol–water partition coefficient (Wildman–Crippen LogP) is 20.8. The van der Waals surface area contributed by atoms with E-state index < -0.39 is 97.5 Å². The fraction of sp³-hybridized carbons (Fsp3) is 0.863. The number of rotatable bonds is 71. The number of phosphoric ester groups is 2. The number of carbonyl (C=O) groups is 4. The van der Waals surface area contributed by atoms with E-state index in [1.54, 1.807) is 0 Å². The Kier molecular flexibility index (Phi) is 64.9. The first-order valence-corrected chi connectivity index (χ1v) is 40.2. The van der Waals surface area contributed by atoms with Gasteiger partial charge in [-0.1, -0.05) is 263 Å². The van der Waals surface area contributed by atoms with E-state index in [4.69, 9.17) is 37.0 Å². The Hall–Kier alpha value is -2.72. The van der Waals surface area contributed by atoms with Gasteiger partial charge in [0.05, 0.1) is 26.4 Å². The molecule has 3 N–H and O–H groups in total. The van der Waals surface area contributed by atoms with Crippen LogP contribution < -0.4 is 0 Å². The molecule has 540 valence electrons. The van der Waals surface area contributed by atoms with Gasteiger partial charge >= 0.3 is 39.5 Å². The van der Waals surface area contributed by atoms with E-state index >= 15 is 0 Å². The normalized spacial score (nSPS) is 14.2. The molecule has 0 saturated carbocycles. The van der Waals surface area contributed by atoms with Crippen molar-refractivity contribution in [2.75, 3.05) is 39.6 Å². The van der Waals surface area contributed by atoms with Gasteiger partial charge in [-0.05, 0) is 96.3 Å². The molecule has 0 aliphatic carbocycles. The Morgan fingerprint density at radius 3 is 0.783 bits per heavy atom. The molecule has 0 aromatic heterocycles. The maximum Gasteiger partial charge on any atom is 0.472 e. The highest BCUT2D eigenvalue weighted by molar-refractivity contribution is 7.47. The Morgan fingerprint density at radius 2 is 0.511 bits per heavy atom. The number of allylic oxidation sites excluding steroid dienone is 6. The number of unbranched alkanes of at least 4 members (excludes halogenated alkanes) is 39. The minimum atomic E-state index is -4.96. The van der Waals surface area contributed by atoms with E-state index in [-0.39, 0.29) is 25.7 Å². The molecule has 0 saturated heterocycles. The smallest absolute Gasteiger partial charge is 0.462 e. The summed E-state index contributed by atoms with van der Waals surface area (Å²) < 4.78 is 68.3. The van der Waals surface area contributed by atoms with Gasteiger partial charge in [0, 0.05) is 25.7 Å². The third kappa shape index (κ3) is 65.9. The highest BCUT2D eigenvalue weighted by Crippen LogP contribution is 2.45. The van der Waals surface area contributed by atoms with Gasteiger partial charge in [-0.2, -0.15) is 0 Å². The lowest BCUT2D eigenvalue weighted by Crippen LogP contribution is -2.30. The molecule has 0 amide bonds. The second kappa shape index (κ2) is 66.9. The first-order chi connectivity index (χ1) is 44.7. The van der Waals surface area contributed by atoms with Crippen LogP contribution in [0.3, 0.4) is 0 Å². The molecule has 0 heterocycles. The summed E-state index contributed by atoms with van der Waals surface area (Å²) in [6.45, 7) is 4.84. The molecular weight excluding hydrogens is 1210 g/mol. The van der Waals surface area contributed by atoms with Crippen molar-refractivity contribution in [1.29, 1.82) is 0 Å². The third-order valence-electron chi connectivity index (χ3n) is 16.1.